The minimum Gasteiger partial charge on any atom is -0.494 e. The van der Waals surface area contributed by atoms with Gasteiger partial charge in [0.1, 0.15) is 22.8 Å². The normalized spacial score (nSPS) is 14.4. The Kier molecular flexibility index (Phi) is 8.08. The minimum atomic E-state index is -0.809. The van der Waals surface area contributed by atoms with Crippen molar-refractivity contribution in [3.63, 3.8) is 0 Å². The van der Waals surface area contributed by atoms with Crippen molar-refractivity contribution in [2.45, 2.75) is 53.0 Å². The highest BCUT2D eigenvalue weighted by Crippen LogP contribution is 2.43. The van der Waals surface area contributed by atoms with Crippen molar-refractivity contribution >= 4 is 39.3 Å². The molecule has 5 rings (SSSR count). The Labute approximate surface area is 242 Å². The number of hydrogen-bond donors (Lipinski definition) is 0. The van der Waals surface area contributed by atoms with E-state index in [1.807, 2.05) is 38.1 Å². The van der Waals surface area contributed by atoms with Gasteiger partial charge in [-0.1, -0.05) is 55.9 Å². The van der Waals surface area contributed by atoms with Crippen molar-refractivity contribution < 1.29 is 23.5 Å². The molecule has 4 aromatic rings. The molecule has 212 valence electrons. The van der Waals surface area contributed by atoms with Crippen LogP contribution in [0.3, 0.4) is 0 Å². The Morgan fingerprint density at radius 1 is 1.12 bits per heavy atom. The fourth-order valence-electron chi connectivity index (χ4n) is 4.90. The van der Waals surface area contributed by atoms with Gasteiger partial charge in [0.15, 0.2) is 10.6 Å². The van der Waals surface area contributed by atoms with Crippen molar-refractivity contribution in [3.8, 4) is 5.75 Å². The maximum Gasteiger partial charge on any atom is 0.350 e. The molecule has 0 fully saturated rings. The zero-order valence-electron chi connectivity index (χ0n) is 23.6. The first kappa shape index (κ1) is 28.3. The smallest absolute Gasteiger partial charge is 0.350 e. The van der Waals surface area contributed by atoms with Crippen LogP contribution in [0.1, 0.15) is 80.4 Å². The predicted molar refractivity (Wildman–Crippen MR) is 159 cm³/mol. The number of rotatable bonds is 10. The number of esters is 1. The largest absolute Gasteiger partial charge is 0.494 e. The van der Waals surface area contributed by atoms with Gasteiger partial charge in [0, 0.05) is 0 Å². The van der Waals surface area contributed by atoms with Crippen LogP contribution in [0.4, 0.5) is 5.13 Å². The van der Waals surface area contributed by atoms with E-state index < -0.39 is 17.9 Å². The van der Waals surface area contributed by atoms with Crippen LogP contribution in [-0.4, -0.2) is 30.1 Å². The van der Waals surface area contributed by atoms with Gasteiger partial charge in [-0.15, -0.1) is 0 Å². The number of carbonyl (C=O) groups is 2. The Bertz CT molecular complexity index is 1700. The number of ether oxygens (including phenoxy) is 2. The van der Waals surface area contributed by atoms with E-state index in [0.29, 0.717) is 34.6 Å². The molecule has 0 aliphatic carbocycles. The number of thiazole rings is 1. The molecule has 1 amide bonds. The second-order valence-corrected chi connectivity index (χ2v) is 11.1. The minimum absolute atomic E-state index is 0.0284. The number of benzene rings is 2. The predicted octanol–water partition coefficient (Wildman–Crippen LogP) is 6.84. The molecule has 3 heterocycles. The van der Waals surface area contributed by atoms with Gasteiger partial charge in [-0.05, 0) is 68.1 Å². The van der Waals surface area contributed by atoms with E-state index in [0.717, 1.165) is 41.7 Å². The Hall–Kier alpha value is -4.24. The lowest BCUT2D eigenvalue weighted by Gasteiger charge is -2.22. The molecule has 1 unspecified atom stereocenters. The van der Waals surface area contributed by atoms with Gasteiger partial charge in [-0.3, -0.25) is 14.5 Å². The lowest BCUT2D eigenvalue weighted by Crippen LogP contribution is -2.29. The molecule has 1 aliphatic rings. The summed E-state index contributed by atoms with van der Waals surface area (Å²) in [5, 5.41) is 0.677. The quantitative estimate of drug-likeness (QED) is 0.117. The number of aryl methyl sites for hydroxylation is 3. The third-order valence-electron chi connectivity index (χ3n) is 7.21. The van der Waals surface area contributed by atoms with Gasteiger partial charge in [0.2, 0.25) is 5.76 Å². The fraction of sp³-hybridized carbons (Fsp3) is 0.312. The first-order chi connectivity index (χ1) is 19.7. The summed E-state index contributed by atoms with van der Waals surface area (Å²) >= 11 is 1.04. The van der Waals surface area contributed by atoms with Crippen LogP contribution in [0.5, 0.6) is 5.75 Å². The van der Waals surface area contributed by atoms with E-state index in [9.17, 15) is 14.4 Å². The van der Waals surface area contributed by atoms with Crippen LogP contribution in [0.15, 0.2) is 58.3 Å². The van der Waals surface area contributed by atoms with E-state index in [1.165, 1.54) is 11.0 Å². The number of amides is 1. The van der Waals surface area contributed by atoms with Crippen LogP contribution < -0.4 is 15.1 Å². The van der Waals surface area contributed by atoms with Gasteiger partial charge in [0.05, 0.1) is 29.3 Å². The number of unbranched alkanes of at least 4 members (excludes halogenated alkanes) is 2. The third kappa shape index (κ3) is 5.29. The highest BCUT2D eigenvalue weighted by atomic mass is 32.1. The number of carbonyl (C=O) groups excluding carboxylic acids is 2. The summed E-state index contributed by atoms with van der Waals surface area (Å²) in [7, 11) is 0. The third-order valence-corrected chi connectivity index (χ3v) is 8.34. The Balaban J connectivity index is 1.63. The molecule has 0 bridgehead atoms. The fourth-order valence-corrected chi connectivity index (χ4v) is 5.89. The van der Waals surface area contributed by atoms with Crippen molar-refractivity contribution in [3.05, 3.63) is 97.9 Å². The first-order valence-corrected chi connectivity index (χ1v) is 14.5. The number of aromatic nitrogens is 1. The summed E-state index contributed by atoms with van der Waals surface area (Å²) in [5.41, 5.74) is 3.34. The lowest BCUT2D eigenvalue weighted by molar-refractivity contribution is 0.0554. The molecule has 0 saturated heterocycles. The van der Waals surface area contributed by atoms with Crippen LogP contribution in [-0.2, 0) is 4.74 Å². The zero-order chi connectivity index (χ0) is 29.3. The topological polar surface area (TPSA) is 98.9 Å². The highest BCUT2D eigenvalue weighted by Gasteiger charge is 2.45. The number of anilines is 1. The van der Waals surface area contributed by atoms with Gasteiger partial charge in [-0.2, -0.15) is 0 Å². The van der Waals surface area contributed by atoms with E-state index >= 15 is 0 Å². The van der Waals surface area contributed by atoms with E-state index in [-0.39, 0.29) is 33.4 Å². The molecule has 41 heavy (non-hydrogen) atoms. The summed E-state index contributed by atoms with van der Waals surface area (Å²) in [6.07, 6.45) is 4.64. The number of hydrogen-bond acceptors (Lipinski definition) is 8. The standard InChI is InChI=1S/C32H32N2O6S/c1-6-8-9-15-38-22-12-10-21(11-13-22)26-25-27(35)23-16-18(3)19(4)17-24(23)40-28(25)30(36)34(26)32-33-20(5)29(41-32)31(37)39-14-7-2/h7,10-13,16-17,26H,2,6,8-9,14-15H2,1,3-5H3. The van der Waals surface area contributed by atoms with Crippen molar-refractivity contribution in [1.29, 1.82) is 0 Å². The molecule has 9 heteroatoms. The van der Waals surface area contributed by atoms with Gasteiger partial charge < -0.3 is 13.9 Å². The molecule has 0 spiro atoms. The molecular formula is C32H32N2O6S. The molecule has 2 aromatic carbocycles. The summed E-state index contributed by atoms with van der Waals surface area (Å²) in [6, 6.07) is 10.1. The molecule has 0 radical (unpaired) electrons. The molecule has 0 saturated carbocycles. The Morgan fingerprint density at radius 3 is 2.56 bits per heavy atom. The van der Waals surface area contributed by atoms with Crippen LogP contribution in [0.2, 0.25) is 0 Å². The van der Waals surface area contributed by atoms with Crippen LogP contribution in [0.25, 0.3) is 11.0 Å². The monoisotopic (exact) mass is 572 g/mol. The second kappa shape index (κ2) is 11.7. The van der Waals surface area contributed by atoms with Crippen molar-refractivity contribution in [2.75, 3.05) is 18.1 Å². The second-order valence-electron chi connectivity index (χ2n) is 10.1. The summed E-state index contributed by atoms with van der Waals surface area (Å²) in [5.74, 6) is -0.376. The van der Waals surface area contributed by atoms with Crippen molar-refractivity contribution in [2.24, 2.45) is 0 Å². The Morgan fingerprint density at radius 2 is 1.85 bits per heavy atom. The molecule has 8 nitrogen and oxygen atoms in total. The number of nitrogens with zero attached hydrogens (tertiary/aromatic N) is 2. The zero-order valence-corrected chi connectivity index (χ0v) is 24.4. The summed E-state index contributed by atoms with van der Waals surface area (Å²) < 4.78 is 17.2. The number of fused-ring (bicyclic) bond motifs is 2. The summed E-state index contributed by atoms with van der Waals surface area (Å²) in [6.45, 7) is 11.9. The van der Waals surface area contributed by atoms with Crippen molar-refractivity contribution in [1.82, 2.24) is 4.98 Å². The lowest BCUT2D eigenvalue weighted by atomic mass is 9.97. The van der Waals surface area contributed by atoms with E-state index in [2.05, 4.69) is 18.5 Å². The maximum absolute atomic E-state index is 14.0. The van der Waals surface area contributed by atoms with Crippen LogP contribution in [0, 0.1) is 20.8 Å². The molecule has 0 N–H and O–H groups in total. The summed E-state index contributed by atoms with van der Waals surface area (Å²) in [4.78, 5) is 46.9. The molecule has 1 atom stereocenters. The molecular weight excluding hydrogens is 540 g/mol. The van der Waals surface area contributed by atoms with E-state index in [4.69, 9.17) is 13.9 Å². The van der Waals surface area contributed by atoms with Gasteiger partial charge in [0.25, 0.3) is 5.91 Å². The average Bonchev–Trinajstić information content (AvgIpc) is 3.48. The van der Waals surface area contributed by atoms with Gasteiger partial charge in [-0.25, -0.2) is 9.78 Å². The van der Waals surface area contributed by atoms with E-state index in [1.54, 1.807) is 19.1 Å². The highest BCUT2D eigenvalue weighted by molar-refractivity contribution is 7.17. The van der Waals surface area contributed by atoms with Gasteiger partial charge >= 0.3 is 5.97 Å². The average molecular weight is 573 g/mol. The van der Waals surface area contributed by atoms with Crippen LogP contribution >= 0.6 is 11.3 Å². The molecule has 1 aliphatic heterocycles. The first-order valence-electron chi connectivity index (χ1n) is 13.6. The maximum atomic E-state index is 14.0. The SMILES string of the molecule is C=CCOC(=O)c1sc(N2C(=O)c3oc4cc(C)c(C)cc4c(=O)c3C2c2ccc(OCCCCC)cc2)nc1C. The molecule has 2 aromatic heterocycles.